The second-order valence-electron chi connectivity index (χ2n) is 10.9. The fourth-order valence-corrected chi connectivity index (χ4v) is 6.40. The van der Waals surface area contributed by atoms with Gasteiger partial charge in [0.2, 0.25) is 0 Å². The van der Waals surface area contributed by atoms with E-state index in [4.69, 9.17) is 0 Å². The maximum atomic E-state index is 13.6. The molecular weight excluding hydrogens is 388 g/mol. The lowest BCUT2D eigenvalue weighted by Gasteiger charge is -2.27. The van der Waals surface area contributed by atoms with Gasteiger partial charge < -0.3 is 0 Å². The molecule has 2 aromatic carbocycles. The quantitative estimate of drug-likeness (QED) is 0.410. The van der Waals surface area contributed by atoms with Crippen LogP contribution in [0.25, 0.3) is 0 Å². The van der Waals surface area contributed by atoms with Gasteiger partial charge in [-0.1, -0.05) is 62.1 Å². The number of Topliss-reactive ketones (excluding diaryl/α,β-unsaturated/α-hetero) is 1. The van der Waals surface area contributed by atoms with E-state index in [0.717, 1.165) is 12.8 Å². The molecule has 2 unspecified atom stereocenters. The van der Waals surface area contributed by atoms with Gasteiger partial charge in [-0.25, -0.2) is 0 Å². The molecule has 0 spiro atoms. The molecule has 0 radical (unpaired) electrons. The van der Waals surface area contributed by atoms with Crippen LogP contribution in [0.2, 0.25) is 0 Å². The van der Waals surface area contributed by atoms with E-state index in [-0.39, 0.29) is 0 Å². The predicted molar refractivity (Wildman–Crippen MR) is 135 cm³/mol. The third-order valence-electron chi connectivity index (χ3n) is 8.75. The van der Waals surface area contributed by atoms with Crippen LogP contribution < -0.4 is 0 Å². The fourth-order valence-electron chi connectivity index (χ4n) is 6.40. The van der Waals surface area contributed by atoms with Crippen molar-refractivity contribution in [2.24, 2.45) is 11.8 Å². The maximum absolute atomic E-state index is 13.6. The largest absolute Gasteiger partial charge is 0.300 e. The number of benzene rings is 2. The van der Waals surface area contributed by atoms with Crippen molar-refractivity contribution in [1.29, 1.82) is 0 Å². The van der Waals surface area contributed by atoms with Crippen molar-refractivity contribution in [2.45, 2.75) is 104 Å². The van der Waals surface area contributed by atoms with E-state index < -0.39 is 0 Å². The van der Waals surface area contributed by atoms with E-state index >= 15 is 0 Å². The van der Waals surface area contributed by atoms with Crippen molar-refractivity contribution in [1.82, 2.24) is 0 Å². The first-order valence-electron chi connectivity index (χ1n) is 13.1. The van der Waals surface area contributed by atoms with Crippen LogP contribution in [0.1, 0.15) is 109 Å². The van der Waals surface area contributed by atoms with Gasteiger partial charge in [0.15, 0.2) is 0 Å². The molecule has 0 aliphatic heterocycles. The summed E-state index contributed by atoms with van der Waals surface area (Å²) in [5, 5.41) is 0. The molecule has 2 saturated carbocycles. The molecule has 32 heavy (non-hydrogen) atoms. The lowest BCUT2D eigenvalue weighted by molar-refractivity contribution is -0.120. The highest BCUT2D eigenvalue weighted by molar-refractivity contribution is 5.80. The van der Waals surface area contributed by atoms with E-state index in [0.29, 0.717) is 29.5 Å². The highest BCUT2D eigenvalue weighted by atomic mass is 16.1. The average Bonchev–Trinajstić information content (AvgIpc) is 3.49. The Hall–Kier alpha value is -1.89. The minimum absolute atomic E-state index is 0.397. The van der Waals surface area contributed by atoms with Crippen LogP contribution >= 0.6 is 0 Å². The van der Waals surface area contributed by atoms with Gasteiger partial charge in [-0.05, 0) is 110 Å². The third-order valence-corrected chi connectivity index (χ3v) is 8.75. The zero-order chi connectivity index (χ0) is 22.7. The summed E-state index contributed by atoms with van der Waals surface area (Å²) in [6.45, 7) is 8.79. The van der Waals surface area contributed by atoms with Crippen molar-refractivity contribution < 1.29 is 4.79 Å². The Morgan fingerprint density at radius 3 is 1.38 bits per heavy atom. The molecule has 0 bridgehead atoms. The van der Waals surface area contributed by atoms with Crippen LogP contribution in [-0.2, 0) is 4.79 Å². The molecule has 0 heterocycles. The number of hydrogen-bond donors (Lipinski definition) is 0. The van der Waals surface area contributed by atoms with Crippen molar-refractivity contribution >= 4 is 5.78 Å². The highest BCUT2D eigenvalue weighted by Gasteiger charge is 2.32. The average molecular weight is 431 g/mol. The Bertz CT molecular complexity index is 852. The van der Waals surface area contributed by atoms with Crippen LogP contribution in [0.15, 0.2) is 36.4 Å². The first-order chi connectivity index (χ1) is 15.4. The summed E-state index contributed by atoms with van der Waals surface area (Å²) in [5.41, 5.74) is 8.21. The smallest absolute Gasteiger partial charge is 0.134 e. The molecule has 0 N–H and O–H groups in total. The van der Waals surface area contributed by atoms with E-state index in [1.54, 1.807) is 0 Å². The molecule has 172 valence electrons. The summed E-state index contributed by atoms with van der Waals surface area (Å²) in [4.78, 5) is 13.6. The summed E-state index contributed by atoms with van der Waals surface area (Å²) in [7, 11) is 0. The molecule has 4 rings (SSSR count). The minimum atomic E-state index is 0.397. The van der Waals surface area contributed by atoms with Gasteiger partial charge >= 0.3 is 0 Å². The zero-order valence-corrected chi connectivity index (χ0v) is 20.8. The number of aryl methyl sites for hydroxylation is 4. The van der Waals surface area contributed by atoms with Gasteiger partial charge in [-0.15, -0.1) is 0 Å². The molecule has 0 aromatic heterocycles. The Labute approximate surface area is 196 Å². The van der Waals surface area contributed by atoms with Crippen molar-refractivity contribution in [2.75, 3.05) is 0 Å². The number of carbonyl (C=O) groups is 1. The van der Waals surface area contributed by atoms with E-state index in [1.807, 2.05) is 0 Å². The van der Waals surface area contributed by atoms with Gasteiger partial charge in [-0.2, -0.15) is 0 Å². The summed E-state index contributed by atoms with van der Waals surface area (Å²) in [5.74, 6) is 2.62. The number of carbonyl (C=O) groups excluding carboxylic acids is 1. The summed E-state index contributed by atoms with van der Waals surface area (Å²) < 4.78 is 0. The van der Waals surface area contributed by atoms with Crippen molar-refractivity contribution in [3.8, 4) is 0 Å². The second kappa shape index (κ2) is 10.4. The lowest BCUT2D eigenvalue weighted by Crippen LogP contribution is -2.19. The molecule has 1 heteroatoms. The molecule has 2 fully saturated rings. The SMILES string of the molecule is Cc1ccc(C(CC(=O)CC(c2ccc(C)c(C)c2)C2CCCC2)C2CCCC2)cc1C. The first kappa shape index (κ1) is 23.3. The van der Waals surface area contributed by atoms with Gasteiger partial charge in [-0.3, -0.25) is 4.79 Å². The predicted octanol–water partition coefficient (Wildman–Crippen LogP) is 8.52. The summed E-state index contributed by atoms with van der Waals surface area (Å²) >= 11 is 0. The zero-order valence-electron chi connectivity index (χ0n) is 20.8. The van der Waals surface area contributed by atoms with E-state index in [2.05, 4.69) is 64.1 Å². The van der Waals surface area contributed by atoms with Crippen LogP contribution in [-0.4, -0.2) is 5.78 Å². The fraction of sp³-hybridized carbons (Fsp3) is 0.581. The first-order valence-corrected chi connectivity index (χ1v) is 13.1. The maximum Gasteiger partial charge on any atom is 0.134 e. The lowest BCUT2D eigenvalue weighted by atomic mass is 9.76. The van der Waals surface area contributed by atoms with Gasteiger partial charge in [0.1, 0.15) is 5.78 Å². The number of ketones is 1. The Morgan fingerprint density at radius 2 is 1.03 bits per heavy atom. The number of hydrogen-bond acceptors (Lipinski definition) is 1. The second-order valence-corrected chi connectivity index (χ2v) is 10.9. The molecule has 0 saturated heterocycles. The molecule has 2 aliphatic rings. The molecular formula is C31H42O. The topological polar surface area (TPSA) is 17.1 Å². The van der Waals surface area contributed by atoms with Gasteiger partial charge in [0, 0.05) is 12.8 Å². The number of rotatable bonds is 8. The van der Waals surface area contributed by atoms with Crippen molar-refractivity contribution in [3.05, 3.63) is 69.8 Å². The Kier molecular flexibility index (Phi) is 7.54. The molecule has 0 amide bonds. The van der Waals surface area contributed by atoms with E-state index in [1.165, 1.54) is 84.7 Å². The van der Waals surface area contributed by atoms with Crippen molar-refractivity contribution in [3.63, 3.8) is 0 Å². The van der Waals surface area contributed by atoms with Crippen LogP contribution in [0.4, 0.5) is 0 Å². The van der Waals surface area contributed by atoms with Gasteiger partial charge in [0.05, 0.1) is 0 Å². The van der Waals surface area contributed by atoms with Crippen LogP contribution in [0.5, 0.6) is 0 Å². The molecule has 1 nitrogen and oxygen atoms in total. The molecule has 2 aromatic rings. The normalized spacial score (nSPS) is 19.4. The minimum Gasteiger partial charge on any atom is -0.300 e. The summed E-state index contributed by atoms with van der Waals surface area (Å²) in [6, 6.07) is 13.8. The third kappa shape index (κ3) is 5.36. The van der Waals surface area contributed by atoms with E-state index in [9.17, 15) is 4.79 Å². The molecule has 2 aliphatic carbocycles. The van der Waals surface area contributed by atoms with Crippen LogP contribution in [0, 0.1) is 39.5 Å². The Morgan fingerprint density at radius 1 is 0.656 bits per heavy atom. The monoisotopic (exact) mass is 430 g/mol. The summed E-state index contributed by atoms with van der Waals surface area (Å²) in [6.07, 6.45) is 11.9. The Balaban J connectivity index is 1.55. The highest BCUT2D eigenvalue weighted by Crippen LogP contribution is 2.43. The van der Waals surface area contributed by atoms with Gasteiger partial charge in [0.25, 0.3) is 0 Å². The molecule has 2 atom stereocenters. The standard InChI is InChI=1S/C31H42O/c1-21-13-15-27(17-23(21)3)30(25-9-5-6-10-25)19-29(32)20-31(26-11-7-8-12-26)28-16-14-22(2)24(4)18-28/h13-18,25-26,30-31H,5-12,19-20H2,1-4H3. The van der Waals surface area contributed by atoms with Crippen LogP contribution in [0.3, 0.4) is 0 Å².